The summed E-state index contributed by atoms with van der Waals surface area (Å²) in [5.41, 5.74) is 9.82. The van der Waals surface area contributed by atoms with Crippen LogP contribution in [0.1, 0.15) is 36.9 Å². The monoisotopic (exact) mass is 521 g/mol. The zero-order chi connectivity index (χ0) is 24.7. The molecule has 0 unspecified atom stereocenters. The van der Waals surface area contributed by atoms with E-state index in [2.05, 4.69) is 53.6 Å². The van der Waals surface area contributed by atoms with Crippen molar-refractivity contribution in [2.75, 3.05) is 18.9 Å². The molecule has 34 heavy (non-hydrogen) atoms. The minimum absolute atomic E-state index is 0.0311. The number of hydrogen-bond acceptors (Lipinski definition) is 8. The summed E-state index contributed by atoms with van der Waals surface area (Å²) < 4.78 is 11.4. The Bertz CT molecular complexity index is 1140. The molecule has 1 aromatic heterocycles. The molecule has 0 fully saturated rings. The number of rotatable bonds is 9. The van der Waals surface area contributed by atoms with Crippen LogP contribution in [0.4, 0.5) is 5.13 Å². The first-order valence-electron chi connectivity index (χ1n) is 10.4. The highest BCUT2D eigenvalue weighted by Gasteiger charge is 2.13. The predicted molar refractivity (Wildman–Crippen MR) is 136 cm³/mol. The van der Waals surface area contributed by atoms with Crippen LogP contribution < -0.4 is 20.6 Å². The highest BCUT2D eigenvalue weighted by atomic mass is 35.5. The van der Waals surface area contributed by atoms with Gasteiger partial charge in [-0.15, -0.1) is 10.2 Å². The van der Waals surface area contributed by atoms with E-state index in [-0.39, 0.29) is 24.3 Å². The van der Waals surface area contributed by atoms with E-state index in [0.29, 0.717) is 38.1 Å². The number of hydrogen-bond donors (Lipinski definition) is 2. The van der Waals surface area contributed by atoms with Gasteiger partial charge in [0.15, 0.2) is 5.75 Å². The van der Waals surface area contributed by atoms with Gasteiger partial charge in [0.1, 0.15) is 24.0 Å². The average molecular weight is 522 g/mol. The van der Waals surface area contributed by atoms with Gasteiger partial charge in [-0.1, -0.05) is 67.4 Å². The number of carbonyl (C=O) groups excluding carboxylic acids is 1. The van der Waals surface area contributed by atoms with Gasteiger partial charge in [0, 0.05) is 0 Å². The van der Waals surface area contributed by atoms with Gasteiger partial charge in [0.2, 0.25) is 11.0 Å². The van der Waals surface area contributed by atoms with Gasteiger partial charge in [-0.05, 0) is 40.8 Å². The number of halogens is 2. The lowest BCUT2D eigenvalue weighted by Gasteiger charge is -2.19. The fourth-order valence-electron chi connectivity index (χ4n) is 2.84. The molecule has 3 aromatic rings. The van der Waals surface area contributed by atoms with Crippen LogP contribution in [0.15, 0.2) is 41.5 Å². The van der Waals surface area contributed by atoms with Crippen molar-refractivity contribution >= 4 is 51.8 Å². The molecule has 11 heteroatoms. The number of aromatic nitrogens is 2. The molecule has 3 rings (SSSR count). The summed E-state index contributed by atoms with van der Waals surface area (Å²) in [6, 6.07) is 11.3. The molecule has 180 valence electrons. The van der Waals surface area contributed by atoms with Crippen molar-refractivity contribution in [3.8, 4) is 11.5 Å². The number of hydrazone groups is 1. The van der Waals surface area contributed by atoms with E-state index in [1.807, 2.05) is 12.1 Å². The quantitative estimate of drug-likeness (QED) is 0.236. The molecule has 8 nitrogen and oxygen atoms in total. The summed E-state index contributed by atoms with van der Waals surface area (Å²) in [4.78, 5) is 11.9. The maximum atomic E-state index is 11.9. The van der Waals surface area contributed by atoms with E-state index in [9.17, 15) is 4.79 Å². The molecule has 1 amide bonds. The summed E-state index contributed by atoms with van der Waals surface area (Å²) in [5.74, 6) is 0.764. The minimum Gasteiger partial charge on any atom is -0.490 e. The first-order valence-corrected chi connectivity index (χ1v) is 11.9. The molecule has 0 saturated heterocycles. The van der Waals surface area contributed by atoms with Crippen LogP contribution in [-0.4, -0.2) is 35.5 Å². The maximum Gasteiger partial charge on any atom is 0.247 e. The highest BCUT2D eigenvalue weighted by Crippen LogP contribution is 2.34. The molecule has 0 atom stereocenters. The predicted octanol–water partition coefficient (Wildman–Crippen LogP) is 4.88. The molecular weight excluding hydrogens is 497 g/mol. The Balaban J connectivity index is 1.48. The van der Waals surface area contributed by atoms with Crippen molar-refractivity contribution in [3.05, 3.63) is 62.6 Å². The normalized spacial score (nSPS) is 11.6. The van der Waals surface area contributed by atoms with E-state index in [4.69, 9.17) is 38.4 Å². The second kappa shape index (κ2) is 11.5. The molecule has 0 spiro atoms. The van der Waals surface area contributed by atoms with Gasteiger partial charge in [-0.2, -0.15) is 5.10 Å². The first-order chi connectivity index (χ1) is 16.1. The molecule has 0 bridgehead atoms. The maximum absolute atomic E-state index is 11.9. The largest absolute Gasteiger partial charge is 0.490 e. The SMILES string of the molecule is CC(C)(C)c1ccc(OCCOc2c(Cl)cc(/C=N/NC(=O)Cc3nnc(N)s3)cc2Cl)cc1. The molecule has 2 aromatic carbocycles. The Labute approximate surface area is 212 Å². The van der Waals surface area contributed by atoms with Crippen LogP contribution in [0.2, 0.25) is 10.0 Å². The third-order valence-corrected chi connectivity index (χ3v) is 5.85. The Morgan fingerprint density at radius 3 is 2.35 bits per heavy atom. The molecular formula is C23H25Cl2N5O3S. The fourth-order valence-corrected chi connectivity index (χ4v) is 4.06. The Morgan fingerprint density at radius 2 is 1.76 bits per heavy atom. The van der Waals surface area contributed by atoms with Crippen LogP contribution in [0.5, 0.6) is 11.5 Å². The third kappa shape index (κ3) is 7.58. The topological polar surface area (TPSA) is 112 Å². The standard InChI is InChI=1S/C23H25Cl2N5O3S/c1-23(2,3)15-4-6-16(7-5-15)32-8-9-33-21-17(24)10-14(11-18(21)25)13-27-28-19(31)12-20-29-30-22(26)34-20/h4-7,10-11,13H,8-9,12H2,1-3H3,(H2,26,30)(H,28,31)/b27-13+. The van der Waals surface area contributed by atoms with Gasteiger partial charge in [0.25, 0.3) is 0 Å². The number of nitrogens with one attached hydrogen (secondary N) is 1. The smallest absolute Gasteiger partial charge is 0.247 e. The van der Waals surface area contributed by atoms with Crippen molar-refractivity contribution in [1.29, 1.82) is 0 Å². The second-order valence-electron chi connectivity index (χ2n) is 8.29. The van der Waals surface area contributed by atoms with E-state index in [1.165, 1.54) is 11.8 Å². The number of amides is 1. The number of carbonyl (C=O) groups is 1. The molecule has 0 aliphatic carbocycles. The molecule has 1 heterocycles. The Morgan fingerprint density at radius 1 is 1.12 bits per heavy atom. The summed E-state index contributed by atoms with van der Waals surface area (Å²) in [7, 11) is 0. The van der Waals surface area contributed by atoms with Gasteiger partial charge in [-0.3, -0.25) is 4.79 Å². The summed E-state index contributed by atoms with van der Waals surface area (Å²) in [6.45, 7) is 7.08. The number of nitrogen functional groups attached to an aromatic ring is 1. The van der Waals surface area contributed by atoms with E-state index in [0.717, 1.165) is 17.1 Å². The summed E-state index contributed by atoms with van der Waals surface area (Å²) >= 11 is 13.8. The lowest BCUT2D eigenvalue weighted by atomic mass is 9.87. The van der Waals surface area contributed by atoms with Crippen LogP contribution in [0.3, 0.4) is 0 Å². The van der Waals surface area contributed by atoms with Gasteiger partial charge >= 0.3 is 0 Å². The van der Waals surface area contributed by atoms with Crippen molar-refractivity contribution in [3.63, 3.8) is 0 Å². The van der Waals surface area contributed by atoms with Crippen LogP contribution in [0.25, 0.3) is 0 Å². The number of ether oxygens (including phenoxy) is 2. The van der Waals surface area contributed by atoms with E-state index in [1.54, 1.807) is 12.1 Å². The van der Waals surface area contributed by atoms with Crippen LogP contribution >= 0.6 is 34.5 Å². The number of nitrogens with two attached hydrogens (primary N) is 1. The Kier molecular flexibility index (Phi) is 8.71. The summed E-state index contributed by atoms with van der Waals surface area (Å²) in [6.07, 6.45) is 1.46. The number of benzene rings is 2. The number of anilines is 1. The molecule has 0 saturated carbocycles. The fraction of sp³-hybridized carbons (Fsp3) is 0.304. The average Bonchev–Trinajstić information content (AvgIpc) is 3.16. The van der Waals surface area contributed by atoms with Gasteiger partial charge in [0.05, 0.1) is 22.7 Å². The van der Waals surface area contributed by atoms with E-state index < -0.39 is 0 Å². The number of nitrogens with zero attached hydrogens (tertiary/aromatic N) is 3. The lowest BCUT2D eigenvalue weighted by Crippen LogP contribution is -2.19. The van der Waals surface area contributed by atoms with Crippen molar-refractivity contribution in [2.45, 2.75) is 32.6 Å². The summed E-state index contributed by atoms with van der Waals surface area (Å²) in [5, 5.41) is 12.8. The van der Waals surface area contributed by atoms with E-state index >= 15 is 0 Å². The van der Waals surface area contributed by atoms with Gasteiger partial charge in [-0.25, -0.2) is 5.43 Å². The lowest BCUT2D eigenvalue weighted by molar-refractivity contribution is -0.120. The second-order valence-corrected chi connectivity index (χ2v) is 10.2. The first kappa shape index (κ1) is 25.7. The molecule has 3 N–H and O–H groups in total. The van der Waals surface area contributed by atoms with Gasteiger partial charge < -0.3 is 15.2 Å². The zero-order valence-corrected chi connectivity index (χ0v) is 21.3. The third-order valence-electron chi connectivity index (χ3n) is 4.54. The zero-order valence-electron chi connectivity index (χ0n) is 19.0. The van der Waals surface area contributed by atoms with Crippen molar-refractivity contribution in [2.24, 2.45) is 5.10 Å². The molecule has 0 aliphatic heterocycles. The van der Waals surface area contributed by atoms with Crippen molar-refractivity contribution < 1.29 is 14.3 Å². The van der Waals surface area contributed by atoms with Crippen LogP contribution in [-0.2, 0) is 16.6 Å². The molecule has 0 radical (unpaired) electrons. The van der Waals surface area contributed by atoms with Crippen molar-refractivity contribution in [1.82, 2.24) is 15.6 Å². The molecule has 0 aliphatic rings. The highest BCUT2D eigenvalue weighted by molar-refractivity contribution is 7.15. The Hall–Kier alpha value is -2.88. The van der Waals surface area contributed by atoms with Crippen LogP contribution in [0, 0.1) is 0 Å². The minimum atomic E-state index is -0.349.